The van der Waals surface area contributed by atoms with Gasteiger partial charge in [0.2, 0.25) is 0 Å². The molecule has 0 aliphatic heterocycles. The largest absolute Gasteiger partial charge is 0.465 e. The molecule has 0 aromatic rings. The van der Waals surface area contributed by atoms with E-state index in [1.54, 1.807) is 0 Å². The lowest BCUT2D eigenvalue weighted by Gasteiger charge is -2.16. The van der Waals surface area contributed by atoms with E-state index in [9.17, 15) is 4.79 Å². The van der Waals surface area contributed by atoms with Crippen molar-refractivity contribution in [2.45, 2.75) is 188 Å². The van der Waals surface area contributed by atoms with E-state index in [0.717, 1.165) is 6.42 Å². The molecular formula is C32H64O2. The summed E-state index contributed by atoms with van der Waals surface area (Å²) in [5.41, 5.74) is -0.369. The number of rotatable bonds is 26. The van der Waals surface area contributed by atoms with Crippen LogP contribution in [0.4, 0.5) is 0 Å². The highest BCUT2D eigenvalue weighted by Gasteiger charge is 2.22. The van der Waals surface area contributed by atoms with Crippen molar-refractivity contribution < 1.29 is 9.53 Å². The van der Waals surface area contributed by atoms with E-state index >= 15 is 0 Å². The fraction of sp³-hybridized carbons (Fsp3) is 0.969. The van der Waals surface area contributed by atoms with Gasteiger partial charge in [0.1, 0.15) is 0 Å². The lowest BCUT2D eigenvalue weighted by atomic mass is 9.97. The van der Waals surface area contributed by atoms with Crippen LogP contribution in [0.15, 0.2) is 0 Å². The zero-order valence-corrected chi connectivity index (χ0v) is 24.2. The highest BCUT2D eigenvalue weighted by Crippen LogP contribution is 2.17. The fourth-order valence-corrected chi connectivity index (χ4v) is 4.62. The first-order valence-electron chi connectivity index (χ1n) is 15.7. The molecule has 0 unspecified atom stereocenters. The molecule has 0 bridgehead atoms. The smallest absolute Gasteiger partial charge is 0.311 e. The average molecular weight is 481 g/mol. The number of hydrogen-bond donors (Lipinski definition) is 0. The third-order valence-electron chi connectivity index (χ3n) is 7.09. The molecule has 204 valence electrons. The van der Waals surface area contributed by atoms with Gasteiger partial charge in [-0.25, -0.2) is 0 Å². The van der Waals surface area contributed by atoms with Gasteiger partial charge >= 0.3 is 5.97 Å². The summed E-state index contributed by atoms with van der Waals surface area (Å²) in [5, 5.41) is 0. The van der Waals surface area contributed by atoms with Crippen LogP contribution in [0.2, 0.25) is 0 Å². The van der Waals surface area contributed by atoms with E-state index in [2.05, 4.69) is 6.92 Å². The van der Waals surface area contributed by atoms with Gasteiger partial charge in [0.05, 0.1) is 12.0 Å². The summed E-state index contributed by atoms with van der Waals surface area (Å²) in [6, 6.07) is 0. The predicted molar refractivity (Wildman–Crippen MR) is 152 cm³/mol. The van der Waals surface area contributed by atoms with Crippen LogP contribution in [0, 0.1) is 5.41 Å². The molecule has 0 rings (SSSR count). The minimum Gasteiger partial charge on any atom is -0.465 e. The van der Waals surface area contributed by atoms with E-state index in [0.29, 0.717) is 6.61 Å². The highest BCUT2D eigenvalue weighted by molar-refractivity contribution is 5.75. The number of esters is 1. The Bertz CT molecular complexity index is 410. The second-order valence-corrected chi connectivity index (χ2v) is 11.9. The van der Waals surface area contributed by atoms with Crippen molar-refractivity contribution in [1.29, 1.82) is 0 Å². The van der Waals surface area contributed by atoms with Crippen LogP contribution in [0.25, 0.3) is 0 Å². The summed E-state index contributed by atoms with van der Waals surface area (Å²) in [6.07, 6.45) is 35.2. The van der Waals surface area contributed by atoms with E-state index < -0.39 is 0 Å². The van der Waals surface area contributed by atoms with Gasteiger partial charge in [-0.05, 0) is 27.2 Å². The molecule has 0 aromatic carbocycles. The van der Waals surface area contributed by atoms with Crippen molar-refractivity contribution in [3.05, 3.63) is 0 Å². The van der Waals surface area contributed by atoms with Crippen LogP contribution >= 0.6 is 0 Å². The number of hydrogen-bond acceptors (Lipinski definition) is 2. The molecule has 0 aliphatic carbocycles. The Morgan fingerprint density at radius 2 is 0.676 bits per heavy atom. The molecule has 0 fully saturated rings. The number of carbonyl (C=O) groups excluding carboxylic acids is 1. The topological polar surface area (TPSA) is 26.3 Å². The summed E-state index contributed by atoms with van der Waals surface area (Å²) in [6.45, 7) is 8.63. The lowest BCUT2D eigenvalue weighted by molar-refractivity contribution is -0.153. The Balaban J connectivity index is 3.08. The number of unbranched alkanes of at least 4 members (excludes halogenated alkanes) is 24. The minimum atomic E-state index is -0.369. The molecule has 0 amide bonds. The van der Waals surface area contributed by atoms with Crippen LogP contribution < -0.4 is 0 Å². The van der Waals surface area contributed by atoms with Gasteiger partial charge in [-0.3, -0.25) is 4.79 Å². The van der Waals surface area contributed by atoms with E-state index in [-0.39, 0.29) is 11.4 Å². The van der Waals surface area contributed by atoms with Gasteiger partial charge in [-0.15, -0.1) is 0 Å². The molecule has 0 saturated heterocycles. The van der Waals surface area contributed by atoms with Crippen molar-refractivity contribution in [1.82, 2.24) is 0 Å². The fourth-order valence-electron chi connectivity index (χ4n) is 4.62. The van der Waals surface area contributed by atoms with Crippen molar-refractivity contribution in [3.8, 4) is 0 Å². The van der Waals surface area contributed by atoms with Gasteiger partial charge in [0.25, 0.3) is 0 Å². The Hall–Kier alpha value is -0.530. The van der Waals surface area contributed by atoms with E-state index in [1.165, 1.54) is 154 Å². The van der Waals surface area contributed by atoms with E-state index in [1.807, 2.05) is 20.8 Å². The van der Waals surface area contributed by atoms with Crippen LogP contribution in [0.1, 0.15) is 188 Å². The van der Waals surface area contributed by atoms with Crippen LogP contribution in [0.3, 0.4) is 0 Å². The monoisotopic (exact) mass is 480 g/mol. The van der Waals surface area contributed by atoms with Crippen molar-refractivity contribution in [2.75, 3.05) is 6.61 Å². The minimum absolute atomic E-state index is 0.0724. The molecule has 0 N–H and O–H groups in total. The van der Waals surface area contributed by atoms with Gasteiger partial charge in [-0.1, -0.05) is 161 Å². The standard InChI is InChI=1S/C32H64O2/c1-5-6-7-8-9-10-11-12-13-14-15-16-17-18-19-20-21-22-23-24-25-26-27-28-29-30-34-31(33)32(2,3)4/h5-30H2,1-4H3. The zero-order chi connectivity index (χ0) is 25.2. The predicted octanol–water partition coefficient (Wildman–Crippen LogP) is 11.3. The molecular weight excluding hydrogens is 416 g/mol. The molecule has 0 heterocycles. The van der Waals surface area contributed by atoms with Crippen LogP contribution in [0.5, 0.6) is 0 Å². The normalized spacial score (nSPS) is 11.8. The Morgan fingerprint density at radius 1 is 0.441 bits per heavy atom. The first-order valence-corrected chi connectivity index (χ1v) is 15.7. The van der Waals surface area contributed by atoms with Gasteiger partial charge < -0.3 is 4.74 Å². The molecule has 0 spiro atoms. The summed E-state index contributed by atoms with van der Waals surface area (Å²) < 4.78 is 5.32. The lowest BCUT2D eigenvalue weighted by Crippen LogP contribution is -2.23. The molecule has 0 aliphatic rings. The average Bonchev–Trinajstić information content (AvgIpc) is 2.80. The molecule has 2 nitrogen and oxygen atoms in total. The summed E-state index contributed by atoms with van der Waals surface area (Å²) >= 11 is 0. The second kappa shape index (κ2) is 25.6. The molecule has 34 heavy (non-hydrogen) atoms. The SMILES string of the molecule is CCCCCCCCCCCCCCCCCCCCCCCCCCCOC(=O)C(C)(C)C. The van der Waals surface area contributed by atoms with Crippen LogP contribution in [-0.4, -0.2) is 12.6 Å². The Labute approximate surface area is 215 Å². The zero-order valence-electron chi connectivity index (χ0n) is 24.2. The molecule has 0 aromatic heterocycles. The summed E-state index contributed by atoms with van der Waals surface area (Å²) in [5.74, 6) is -0.0724. The maximum absolute atomic E-state index is 11.7. The van der Waals surface area contributed by atoms with E-state index in [4.69, 9.17) is 4.74 Å². The quantitative estimate of drug-likeness (QED) is 0.0908. The maximum atomic E-state index is 11.7. The van der Waals surface area contributed by atoms with Gasteiger partial charge in [0.15, 0.2) is 0 Å². The van der Waals surface area contributed by atoms with Crippen molar-refractivity contribution >= 4 is 5.97 Å². The van der Waals surface area contributed by atoms with Gasteiger partial charge in [0, 0.05) is 0 Å². The summed E-state index contributed by atoms with van der Waals surface area (Å²) in [7, 11) is 0. The third-order valence-corrected chi connectivity index (χ3v) is 7.09. The van der Waals surface area contributed by atoms with Gasteiger partial charge in [-0.2, -0.15) is 0 Å². The molecule has 0 atom stereocenters. The van der Waals surface area contributed by atoms with Crippen molar-refractivity contribution in [2.24, 2.45) is 5.41 Å². The summed E-state index contributed by atoms with van der Waals surface area (Å²) in [4.78, 5) is 11.7. The molecule has 0 saturated carbocycles. The van der Waals surface area contributed by atoms with Crippen molar-refractivity contribution in [3.63, 3.8) is 0 Å². The third kappa shape index (κ3) is 26.1. The Kier molecular flexibility index (Phi) is 25.2. The number of ether oxygens (including phenoxy) is 1. The molecule has 2 heteroatoms. The Morgan fingerprint density at radius 3 is 0.912 bits per heavy atom. The maximum Gasteiger partial charge on any atom is 0.311 e. The van der Waals surface area contributed by atoms with Crippen LogP contribution in [-0.2, 0) is 9.53 Å². The molecule has 0 radical (unpaired) electrons. The highest BCUT2D eigenvalue weighted by atomic mass is 16.5. The number of carbonyl (C=O) groups is 1. The first kappa shape index (κ1) is 33.5. The second-order valence-electron chi connectivity index (χ2n) is 11.9. The first-order chi connectivity index (χ1) is 16.5.